The van der Waals surface area contributed by atoms with Gasteiger partial charge in [0.05, 0.1) is 11.5 Å². The van der Waals surface area contributed by atoms with Crippen molar-refractivity contribution in [3.63, 3.8) is 0 Å². The van der Waals surface area contributed by atoms with Gasteiger partial charge < -0.3 is 10.5 Å². The van der Waals surface area contributed by atoms with Gasteiger partial charge in [-0.25, -0.2) is 0 Å². The standard InChI is InChI=1S/C13H21NO2/c1-5-13(14)9-7-6-8-10(13)11(15)16-12(2,3)4/h6-10H,5,14H2,1-4H3/t10?,13-/m0/s1. The van der Waals surface area contributed by atoms with Crippen LogP contribution >= 0.6 is 0 Å². The molecule has 1 aliphatic rings. The van der Waals surface area contributed by atoms with Crippen molar-refractivity contribution in [2.45, 2.75) is 45.3 Å². The number of hydrogen-bond donors (Lipinski definition) is 1. The number of allylic oxidation sites excluding steroid dienone is 2. The zero-order valence-corrected chi connectivity index (χ0v) is 10.5. The molecule has 0 heterocycles. The lowest BCUT2D eigenvalue weighted by atomic mass is 9.79. The Bertz CT molecular complexity index is 325. The fourth-order valence-electron chi connectivity index (χ4n) is 1.69. The summed E-state index contributed by atoms with van der Waals surface area (Å²) in [6.07, 6.45) is 8.12. The van der Waals surface area contributed by atoms with Crippen LogP contribution in [0.5, 0.6) is 0 Å². The SMILES string of the molecule is CC[C@]1(N)C=CC=CC1C(=O)OC(C)(C)C. The normalized spacial score (nSPS) is 29.2. The Morgan fingerprint density at radius 1 is 1.44 bits per heavy atom. The number of ether oxygens (including phenoxy) is 1. The second kappa shape index (κ2) is 4.42. The van der Waals surface area contributed by atoms with Crippen molar-refractivity contribution in [3.8, 4) is 0 Å². The third kappa shape index (κ3) is 2.95. The molecule has 0 aromatic rings. The molecule has 90 valence electrons. The molecular weight excluding hydrogens is 202 g/mol. The summed E-state index contributed by atoms with van der Waals surface area (Å²) in [7, 11) is 0. The first-order chi connectivity index (χ1) is 7.28. The average Bonchev–Trinajstić information content (AvgIpc) is 2.15. The van der Waals surface area contributed by atoms with Crippen LogP contribution < -0.4 is 5.73 Å². The minimum Gasteiger partial charge on any atom is -0.459 e. The molecule has 0 aromatic carbocycles. The number of rotatable bonds is 2. The minimum absolute atomic E-state index is 0.252. The van der Waals surface area contributed by atoms with Gasteiger partial charge in [0.2, 0.25) is 0 Å². The van der Waals surface area contributed by atoms with Crippen LogP contribution in [0.25, 0.3) is 0 Å². The molecule has 0 fully saturated rings. The smallest absolute Gasteiger partial charge is 0.315 e. The molecule has 0 saturated heterocycles. The van der Waals surface area contributed by atoms with Crippen molar-refractivity contribution in [3.05, 3.63) is 24.3 Å². The largest absolute Gasteiger partial charge is 0.459 e. The monoisotopic (exact) mass is 223 g/mol. The van der Waals surface area contributed by atoms with E-state index in [-0.39, 0.29) is 11.9 Å². The molecule has 0 bridgehead atoms. The summed E-state index contributed by atoms with van der Waals surface area (Å²) in [5, 5.41) is 0. The molecule has 0 aliphatic heterocycles. The van der Waals surface area contributed by atoms with E-state index in [1.807, 2.05) is 52.0 Å². The predicted octanol–water partition coefficient (Wildman–Crippen LogP) is 2.18. The molecule has 1 aliphatic carbocycles. The van der Waals surface area contributed by atoms with Crippen molar-refractivity contribution in [2.24, 2.45) is 11.7 Å². The Morgan fingerprint density at radius 2 is 2.06 bits per heavy atom. The van der Waals surface area contributed by atoms with Crippen LogP contribution in [0, 0.1) is 5.92 Å². The van der Waals surface area contributed by atoms with Crippen LogP contribution in [-0.4, -0.2) is 17.1 Å². The van der Waals surface area contributed by atoms with Crippen LogP contribution in [0.15, 0.2) is 24.3 Å². The summed E-state index contributed by atoms with van der Waals surface area (Å²) in [5.74, 6) is -0.640. The number of carbonyl (C=O) groups excluding carboxylic acids is 1. The Labute approximate surface area is 97.3 Å². The third-order valence-corrected chi connectivity index (χ3v) is 2.67. The Hall–Kier alpha value is -1.09. The van der Waals surface area contributed by atoms with Gasteiger partial charge in [0.25, 0.3) is 0 Å². The molecule has 2 N–H and O–H groups in total. The van der Waals surface area contributed by atoms with E-state index >= 15 is 0 Å². The van der Waals surface area contributed by atoms with Crippen molar-refractivity contribution in [2.75, 3.05) is 0 Å². The van der Waals surface area contributed by atoms with Crippen molar-refractivity contribution >= 4 is 5.97 Å². The van der Waals surface area contributed by atoms with Gasteiger partial charge in [-0.1, -0.05) is 31.2 Å². The summed E-state index contributed by atoms with van der Waals surface area (Å²) >= 11 is 0. The van der Waals surface area contributed by atoms with E-state index < -0.39 is 11.1 Å². The minimum atomic E-state index is -0.614. The van der Waals surface area contributed by atoms with Crippen LogP contribution in [0.4, 0.5) is 0 Å². The van der Waals surface area contributed by atoms with Gasteiger partial charge in [-0.05, 0) is 27.2 Å². The van der Waals surface area contributed by atoms with E-state index in [4.69, 9.17) is 10.5 Å². The second-order valence-corrected chi connectivity index (χ2v) is 5.22. The fourth-order valence-corrected chi connectivity index (χ4v) is 1.69. The summed E-state index contributed by atoms with van der Waals surface area (Å²) in [6.45, 7) is 7.55. The fraction of sp³-hybridized carbons (Fsp3) is 0.615. The van der Waals surface area contributed by atoms with Crippen molar-refractivity contribution in [1.82, 2.24) is 0 Å². The summed E-state index contributed by atoms with van der Waals surface area (Å²) in [5.41, 5.74) is 5.10. The third-order valence-electron chi connectivity index (χ3n) is 2.67. The van der Waals surface area contributed by atoms with Crippen molar-refractivity contribution in [1.29, 1.82) is 0 Å². The van der Waals surface area contributed by atoms with Gasteiger partial charge in [-0.15, -0.1) is 0 Å². The Morgan fingerprint density at radius 3 is 2.56 bits per heavy atom. The molecule has 16 heavy (non-hydrogen) atoms. The van der Waals surface area contributed by atoms with Gasteiger partial charge in [0, 0.05) is 0 Å². The highest BCUT2D eigenvalue weighted by atomic mass is 16.6. The van der Waals surface area contributed by atoms with Gasteiger partial charge in [0.1, 0.15) is 5.60 Å². The number of nitrogens with two attached hydrogens (primary N) is 1. The van der Waals surface area contributed by atoms with E-state index in [9.17, 15) is 4.79 Å². The molecule has 0 saturated carbocycles. The van der Waals surface area contributed by atoms with Crippen LogP contribution in [-0.2, 0) is 9.53 Å². The summed E-state index contributed by atoms with van der Waals surface area (Å²) in [4.78, 5) is 12.0. The van der Waals surface area contributed by atoms with E-state index in [0.29, 0.717) is 6.42 Å². The Balaban J connectivity index is 2.83. The van der Waals surface area contributed by atoms with Gasteiger partial charge >= 0.3 is 5.97 Å². The first-order valence-electron chi connectivity index (χ1n) is 5.66. The average molecular weight is 223 g/mol. The summed E-state index contributed by atoms with van der Waals surface area (Å²) < 4.78 is 5.37. The summed E-state index contributed by atoms with van der Waals surface area (Å²) in [6, 6.07) is 0. The first-order valence-corrected chi connectivity index (χ1v) is 5.66. The number of esters is 1. The van der Waals surface area contributed by atoms with Crippen LogP contribution in [0.3, 0.4) is 0 Å². The highest BCUT2D eigenvalue weighted by Crippen LogP contribution is 2.27. The highest BCUT2D eigenvalue weighted by molar-refractivity contribution is 5.77. The van der Waals surface area contributed by atoms with Gasteiger partial charge in [0.15, 0.2) is 0 Å². The molecule has 0 amide bonds. The first kappa shape index (κ1) is 13.0. The second-order valence-electron chi connectivity index (χ2n) is 5.22. The lowest BCUT2D eigenvalue weighted by Crippen LogP contribution is -2.49. The topological polar surface area (TPSA) is 52.3 Å². The molecule has 3 heteroatoms. The van der Waals surface area contributed by atoms with E-state index in [0.717, 1.165) is 0 Å². The maximum absolute atomic E-state index is 12.0. The number of hydrogen-bond acceptors (Lipinski definition) is 3. The molecule has 0 radical (unpaired) electrons. The maximum atomic E-state index is 12.0. The molecular formula is C13H21NO2. The Kier molecular flexibility index (Phi) is 3.58. The highest BCUT2D eigenvalue weighted by Gasteiger charge is 2.38. The molecule has 0 spiro atoms. The van der Waals surface area contributed by atoms with Gasteiger partial charge in [-0.3, -0.25) is 4.79 Å². The van der Waals surface area contributed by atoms with E-state index in [2.05, 4.69) is 0 Å². The molecule has 3 nitrogen and oxygen atoms in total. The zero-order chi connectivity index (χ0) is 12.4. The van der Waals surface area contributed by atoms with E-state index in [1.54, 1.807) is 0 Å². The zero-order valence-electron chi connectivity index (χ0n) is 10.5. The molecule has 1 rings (SSSR count). The molecule has 0 aromatic heterocycles. The predicted molar refractivity (Wildman–Crippen MR) is 64.8 cm³/mol. The molecule has 1 unspecified atom stereocenters. The molecule has 2 atom stereocenters. The van der Waals surface area contributed by atoms with Crippen LogP contribution in [0.2, 0.25) is 0 Å². The van der Waals surface area contributed by atoms with Crippen molar-refractivity contribution < 1.29 is 9.53 Å². The lowest BCUT2D eigenvalue weighted by molar-refractivity contribution is -0.159. The van der Waals surface area contributed by atoms with E-state index in [1.165, 1.54) is 0 Å². The maximum Gasteiger partial charge on any atom is 0.315 e. The number of carbonyl (C=O) groups is 1. The quantitative estimate of drug-likeness (QED) is 0.730. The van der Waals surface area contributed by atoms with Crippen LogP contribution in [0.1, 0.15) is 34.1 Å². The lowest BCUT2D eigenvalue weighted by Gasteiger charge is -2.34. The van der Waals surface area contributed by atoms with Gasteiger partial charge in [-0.2, -0.15) is 0 Å².